The first-order valence-corrected chi connectivity index (χ1v) is 9.26. The number of nitrogens with zero attached hydrogens (tertiary/aromatic N) is 4. The van der Waals surface area contributed by atoms with Gasteiger partial charge in [-0.3, -0.25) is 0 Å². The summed E-state index contributed by atoms with van der Waals surface area (Å²) in [6, 6.07) is 14.8. The minimum absolute atomic E-state index is 0.361. The van der Waals surface area contributed by atoms with E-state index in [1.807, 2.05) is 12.1 Å². The van der Waals surface area contributed by atoms with Gasteiger partial charge < -0.3 is 15.5 Å². The third-order valence-electron chi connectivity index (χ3n) is 4.55. The molecule has 4 rings (SSSR count). The minimum atomic E-state index is 0.361. The largest absolute Gasteiger partial charge is 0.339 e. The van der Waals surface area contributed by atoms with Crippen molar-refractivity contribution < 1.29 is 0 Å². The van der Waals surface area contributed by atoms with Gasteiger partial charge in [0, 0.05) is 17.5 Å². The maximum absolute atomic E-state index is 8.89. The average Bonchev–Trinajstić information content (AvgIpc) is 3.11. The van der Waals surface area contributed by atoms with Gasteiger partial charge in [-0.2, -0.15) is 10.2 Å². The molecule has 29 heavy (non-hydrogen) atoms. The van der Waals surface area contributed by atoms with Crippen molar-refractivity contribution in [3.05, 3.63) is 87.9 Å². The van der Waals surface area contributed by atoms with Crippen LogP contribution < -0.4 is 10.6 Å². The molecule has 3 aromatic rings. The maximum Gasteiger partial charge on any atom is 0.240 e. The predicted molar refractivity (Wildman–Crippen MR) is 114 cm³/mol. The second kappa shape index (κ2) is 8.02. The second-order valence-corrected chi connectivity index (χ2v) is 6.85. The van der Waals surface area contributed by atoms with Crippen LogP contribution in [0.25, 0.3) is 10.4 Å². The zero-order valence-corrected chi connectivity index (χ0v) is 16.0. The van der Waals surface area contributed by atoms with Crippen LogP contribution in [0.1, 0.15) is 16.7 Å². The highest BCUT2D eigenvalue weighted by molar-refractivity contribution is 6.33. The summed E-state index contributed by atoms with van der Waals surface area (Å²) in [5, 5.41) is 15.8. The van der Waals surface area contributed by atoms with Gasteiger partial charge >= 0.3 is 0 Å². The fourth-order valence-electron chi connectivity index (χ4n) is 3.14. The molecule has 0 saturated carbocycles. The number of nitrogens with one attached hydrogen (secondary N) is 2. The summed E-state index contributed by atoms with van der Waals surface area (Å²) in [7, 11) is 0. The summed E-state index contributed by atoms with van der Waals surface area (Å²) >= 11 is 6.45. The lowest BCUT2D eigenvalue weighted by Gasteiger charge is -2.12. The lowest BCUT2D eigenvalue weighted by Crippen LogP contribution is -2.01. The van der Waals surface area contributed by atoms with E-state index < -0.39 is 0 Å². The summed E-state index contributed by atoms with van der Waals surface area (Å²) in [4.78, 5) is 12.2. The highest BCUT2D eigenvalue weighted by Crippen LogP contribution is 2.36. The van der Waals surface area contributed by atoms with Crippen LogP contribution in [-0.2, 0) is 6.42 Å². The molecular weight excluding hydrogens is 384 g/mol. The van der Waals surface area contributed by atoms with E-state index in [0.29, 0.717) is 28.9 Å². The number of hydrogen-bond acceptors (Lipinski definition) is 5. The summed E-state index contributed by atoms with van der Waals surface area (Å²) in [5.41, 5.74) is 5.31. The van der Waals surface area contributed by atoms with E-state index in [9.17, 15) is 0 Å². The number of rotatable bonds is 5. The number of fused-ring (bicyclic) bond motifs is 1. The van der Waals surface area contributed by atoms with E-state index in [0.717, 1.165) is 34.5 Å². The Morgan fingerprint density at radius 2 is 2.00 bits per heavy atom. The molecule has 0 atom stereocenters. The molecule has 140 valence electrons. The Kier molecular flexibility index (Phi) is 5.11. The van der Waals surface area contributed by atoms with Crippen LogP contribution in [-0.4, -0.2) is 16.5 Å². The minimum Gasteiger partial charge on any atom is -0.339 e. The highest BCUT2D eigenvalue weighted by atomic mass is 35.5. The molecule has 6 nitrogen and oxygen atoms in total. The molecule has 1 aliphatic rings. The van der Waals surface area contributed by atoms with Crippen LogP contribution in [0.15, 0.2) is 54.7 Å². The molecule has 7 heteroatoms. The topological polar surface area (TPSA) is 78.0 Å². The van der Waals surface area contributed by atoms with Gasteiger partial charge in [0.2, 0.25) is 12.5 Å². The smallest absolute Gasteiger partial charge is 0.240 e. The molecule has 2 N–H and O–H groups in total. The standard InChI is InChI=1S/C22H15ClN6/c1-25-13-16-5-4-15-10-19(23)20(11-18(15)16)28-21-8-9-26-22(29-21)27-17-6-2-14(12-24)3-7-17/h2-3,5-11H,4,13H2,(H2,26,27,28,29). The van der Waals surface area contributed by atoms with Crippen molar-refractivity contribution in [2.75, 3.05) is 17.2 Å². The van der Waals surface area contributed by atoms with Gasteiger partial charge in [-0.15, -0.1) is 0 Å². The van der Waals surface area contributed by atoms with E-state index >= 15 is 0 Å². The van der Waals surface area contributed by atoms with Crippen LogP contribution >= 0.6 is 11.6 Å². The van der Waals surface area contributed by atoms with E-state index in [1.54, 1.807) is 36.5 Å². The van der Waals surface area contributed by atoms with E-state index in [1.165, 1.54) is 0 Å². The molecule has 0 amide bonds. The fraction of sp³-hybridized carbons (Fsp3) is 0.0909. The number of nitriles is 1. The highest BCUT2D eigenvalue weighted by Gasteiger charge is 2.18. The van der Waals surface area contributed by atoms with Crippen LogP contribution in [0.5, 0.6) is 0 Å². The van der Waals surface area contributed by atoms with Gasteiger partial charge in [-0.1, -0.05) is 17.7 Å². The number of halogens is 1. The molecule has 2 aromatic carbocycles. The zero-order valence-electron chi connectivity index (χ0n) is 15.3. The average molecular weight is 399 g/mol. The Morgan fingerprint density at radius 1 is 1.17 bits per heavy atom. The van der Waals surface area contributed by atoms with Crippen molar-refractivity contribution in [3.8, 4) is 6.07 Å². The lowest BCUT2D eigenvalue weighted by molar-refractivity contribution is 1.16. The normalized spacial score (nSPS) is 11.8. The summed E-state index contributed by atoms with van der Waals surface area (Å²) < 4.78 is 0. The Morgan fingerprint density at radius 3 is 2.76 bits per heavy atom. The van der Waals surface area contributed by atoms with Crippen LogP contribution in [0.2, 0.25) is 5.02 Å². The van der Waals surface area contributed by atoms with Crippen molar-refractivity contribution in [2.24, 2.45) is 0 Å². The summed E-state index contributed by atoms with van der Waals surface area (Å²) in [6.07, 6.45) is 4.52. The Hall–Kier alpha value is -3.87. The van der Waals surface area contributed by atoms with Gasteiger partial charge in [0.25, 0.3) is 0 Å². The zero-order chi connectivity index (χ0) is 20.2. The van der Waals surface area contributed by atoms with E-state index in [-0.39, 0.29) is 0 Å². The van der Waals surface area contributed by atoms with Gasteiger partial charge in [0.05, 0.1) is 22.3 Å². The molecule has 1 heterocycles. The molecule has 0 fully saturated rings. The number of anilines is 4. The van der Waals surface area contributed by atoms with Crippen LogP contribution in [0.3, 0.4) is 0 Å². The first kappa shape index (κ1) is 18.5. The SMILES string of the molecule is [C-]#[N+]CC1=CCc2cc(Cl)c(Nc3ccnc(Nc4ccc(C#N)cc4)n3)cc21. The quantitative estimate of drug-likeness (QED) is 0.566. The molecular formula is C22H15ClN6. The van der Waals surface area contributed by atoms with Crippen molar-refractivity contribution in [2.45, 2.75) is 6.42 Å². The fourth-order valence-corrected chi connectivity index (χ4v) is 3.37. The number of benzene rings is 2. The van der Waals surface area contributed by atoms with Gasteiger partial charge in [-0.05, 0) is 60.0 Å². The molecule has 0 saturated heterocycles. The van der Waals surface area contributed by atoms with Crippen molar-refractivity contribution in [1.29, 1.82) is 5.26 Å². The molecule has 1 aromatic heterocycles. The Labute approximate surface area is 173 Å². The van der Waals surface area contributed by atoms with Gasteiger partial charge in [0.1, 0.15) is 5.82 Å². The molecule has 0 radical (unpaired) electrons. The van der Waals surface area contributed by atoms with Crippen LogP contribution in [0, 0.1) is 17.9 Å². The molecule has 0 unspecified atom stereocenters. The summed E-state index contributed by atoms with van der Waals surface area (Å²) in [6.45, 7) is 7.49. The molecule has 1 aliphatic carbocycles. The number of allylic oxidation sites excluding steroid dienone is 1. The van der Waals surface area contributed by atoms with Gasteiger partial charge in [0.15, 0.2) is 0 Å². The Balaban J connectivity index is 1.55. The Bertz CT molecular complexity index is 1190. The monoisotopic (exact) mass is 398 g/mol. The number of aromatic nitrogens is 2. The molecule has 0 aliphatic heterocycles. The third kappa shape index (κ3) is 4.03. The first-order chi connectivity index (χ1) is 14.2. The van der Waals surface area contributed by atoms with E-state index in [2.05, 4.69) is 37.6 Å². The van der Waals surface area contributed by atoms with Crippen molar-refractivity contribution >= 4 is 40.3 Å². The first-order valence-electron chi connectivity index (χ1n) is 8.88. The van der Waals surface area contributed by atoms with Crippen LogP contribution in [0.4, 0.5) is 23.1 Å². The van der Waals surface area contributed by atoms with Gasteiger partial charge in [-0.25, -0.2) is 11.6 Å². The summed E-state index contributed by atoms with van der Waals surface area (Å²) in [5.74, 6) is 1.01. The maximum atomic E-state index is 8.89. The molecule has 0 spiro atoms. The number of hydrogen-bond donors (Lipinski definition) is 2. The lowest BCUT2D eigenvalue weighted by atomic mass is 10.0. The third-order valence-corrected chi connectivity index (χ3v) is 4.86. The predicted octanol–water partition coefficient (Wildman–Crippen LogP) is 5.35. The molecule has 0 bridgehead atoms. The van der Waals surface area contributed by atoms with E-state index in [4.69, 9.17) is 23.4 Å². The van der Waals surface area contributed by atoms with Crippen molar-refractivity contribution in [3.63, 3.8) is 0 Å². The van der Waals surface area contributed by atoms with Crippen molar-refractivity contribution in [1.82, 2.24) is 9.97 Å². The second-order valence-electron chi connectivity index (χ2n) is 6.44.